The minimum absolute atomic E-state index is 0.00512. The fourth-order valence-electron chi connectivity index (χ4n) is 3.43. The summed E-state index contributed by atoms with van der Waals surface area (Å²) in [6, 6.07) is 13.6. The molecule has 2 amide bonds. The van der Waals surface area contributed by atoms with Crippen LogP contribution in [0, 0.1) is 5.92 Å². The third-order valence-electron chi connectivity index (χ3n) is 5.06. The molecule has 1 saturated heterocycles. The Morgan fingerprint density at radius 1 is 1.25 bits per heavy atom. The number of hydrogen-bond donors (Lipinski definition) is 0. The van der Waals surface area contributed by atoms with E-state index in [1.165, 1.54) is 0 Å². The molecule has 6 heteroatoms. The summed E-state index contributed by atoms with van der Waals surface area (Å²) in [5.74, 6) is 0.558. The number of likely N-dealkylation sites (tertiary alicyclic amines) is 1. The first kappa shape index (κ1) is 19.9. The number of para-hydroxylation sites is 1. The van der Waals surface area contributed by atoms with Crippen LogP contribution in [0.5, 0.6) is 5.75 Å². The number of aromatic nitrogens is 1. The lowest BCUT2D eigenvalue weighted by Gasteiger charge is -2.22. The quantitative estimate of drug-likeness (QED) is 0.705. The lowest BCUT2D eigenvalue weighted by Crippen LogP contribution is -2.37. The van der Waals surface area contributed by atoms with E-state index in [2.05, 4.69) is 11.9 Å². The van der Waals surface area contributed by atoms with Gasteiger partial charge in [0.1, 0.15) is 12.4 Å². The van der Waals surface area contributed by atoms with Gasteiger partial charge in [0.05, 0.1) is 24.7 Å². The maximum Gasteiger partial charge on any atom is 0.227 e. The van der Waals surface area contributed by atoms with Crippen molar-refractivity contribution >= 4 is 11.8 Å². The van der Waals surface area contributed by atoms with Crippen LogP contribution in [-0.2, 0) is 22.6 Å². The molecule has 3 rings (SSSR count). The van der Waals surface area contributed by atoms with Crippen molar-refractivity contribution in [2.24, 2.45) is 5.92 Å². The standard InChI is InChI=1S/C22H27N3O3/c1-3-17-8-4-5-10-20(17)28-13-12-24(2)22(27)18-14-21(26)25(15-18)16-19-9-6-7-11-23-19/h4-11,18H,3,12-16H2,1-2H3/t18-/m1/s1. The average Bonchev–Trinajstić information content (AvgIpc) is 3.08. The topological polar surface area (TPSA) is 62.7 Å². The third-order valence-corrected chi connectivity index (χ3v) is 5.06. The molecular weight excluding hydrogens is 354 g/mol. The Bertz CT molecular complexity index is 810. The van der Waals surface area contributed by atoms with Crippen LogP contribution in [0.1, 0.15) is 24.6 Å². The molecule has 1 aromatic heterocycles. The maximum absolute atomic E-state index is 12.7. The Morgan fingerprint density at radius 3 is 2.79 bits per heavy atom. The number of benzene rings is 1. The van der Waals surface area contributed by atoms with Gasteiger partial charge in [-0.2, -0.15) is 0 Å². The number of carbonyl (C=O) groups excluding carboxylic acids is 2. The zero-order valence-corrected chi connectivity index (χ0v) is 16.5. The van der Waals surface area contributed by atoms with E-state index < -0.39 is 0 Å². The number of carbonyl (C=O) groups is 2. The summed E-state index contributed by atoms with van der Waals surface area (Å²) in [7, 11) is 1.77. The molecule has 1 aliphatic rings. The van der Waals surface area contributed by atoms with E-state index in [0.29, 0.717) is 26.2 Å². The van der Waals surface area contributed by atoms with E-state index in [9.17, 15) is 9.59 Å². The van der Waals surface area contributed by atoms with Crippen molar-refractivity contribution in [1.82, 2.24) is 14.8 Å². The summed E-state index contributed by atoms with van der Waals surface area (Å²) in [5.41, 5.74) is 1.99. The number of ether oxygens (including phenoxy) is 1. The highest BCUT2D eigenvalue weighted by atomic mass is 16.5. The van der Waals surface area contributed by atoms with Gasteiger partial charge in [0.25, 0.3) is 0 Å². The van der Waals surface area contributed by atoms with Crippen LogP contribution in [0.15, 0.2) is 48.7 Å². The second-order valence-corrected chi connectivity index (χ2v) is 7.07. The normalized spacial score (nSPS) is 16.3. The summed E-state index contributed by atoms with van der Waals surface area (Å²) >= 11 is 0. The summed E-state index contributed by atoms with van der Waals surface area (Å²) < 4.78 is 5.85. The Morgan fingerprint density at radius 2 is 2.04 bits per heavy atom. The van der Waals surface area contributed by atoms with Crippen LogP contribution >= 0.6 is 0 Å². The third kappa shape index (κ3) is 4.88. The zero-order chi connectivity index (χ0) is 19.9. The van der Waals surface area contributed by atoms with Crippen molar-refractivity contribution in [3.05, 3.63) is 59.9 Å². The van der Waals surface area contributed by atoms with Gasteiger partial charge in [-0.3, -0.25) is 14.6 Å². The van der Waals surface area contributed by atoms with Crippen LogP contribution in [0.4, 0.5) is 0 Å². The van der Waals surface area contributed by atoms with Crippen molar-refractivity contribution in [2.45, 2.75) is 26.3 Å². The van der Waals surface area contributed by atoms with E-state index in [1.807, 2.05) is 42.5 Å². The fourth-order valence-corrected chi connectivity index (χ4v) is 3.43. The van der Waals surface area contributed by atoms with Gasteiger partial charge in [-0.25, -0.2) is 0 Å². The Balaban J connectivity index is 1.49. The molecular formula is C22H27N3O3. The van der Waals surface area contributed by atoms with Crippen LogP contribution in [0.2, 0.25) is 0 Å². The van der Waals surface area contributed by atoms with Crippen molar-refractivity contribution < 1.29 is 14.3 Å². The van der Waals surface area contributed by atoms with Gasteiger partial charge in [0, 0.05) is 26.2 Å². The van der Waals surface area contributed by atoms with Crippen LogP contribution in [-0.4, -0.2) is 53.3 Å². The largest absolute Gasteiger partial charge is 0.491 e. The zero-order valence-electron chi connectivity index (χ0n) is 16.5. The lowest BCUT2D eigenvalue weighted by atomic mass is 10.1. The molecule has 0 radical (unpaired) electrons. The van der Waals surface area contributed by atoms with Gasteiger partial charge < -0.3 is 14.5 Å². The molecule has 1 aromatic carbocycles. The van der Waals surface area contributed by atoms with E-state index in [1.54, 1.807) is 23.0 Å². The highest BCUT2D eigenvalue weighted by molar-refractivity contribution is 5.89. The number of pyridine rings is 1. The minimum Gasteiger partial charge on any atom is -0.491 e. The SMILES string of the molecule is CCc1ccccc1OCCN(C)C(=O)[C@@H]1CC(=O)N(Cc2ccccn2)C1. The second kappa shape index (κ2) is 9.35. The number of amides is 2. The van der Waals surface area contributed by atoms with Gasteiger partial charge in [0.15, 0.2) is 0 Å². The first-order valence-corrected chi connectivity index (χ1v) is 9.71. The summed E-state index contributed by atoms with van der Waals surface area (Å²) in [6.07, 6.45) is 2.87. The maximum atomic E-state index is 12.7. The minimum atomic E-state index is -0.302. The van der Waals surface area contributed by atoms with Gasteiger partial charge in [-0.15, -0.1) is 0 Å². The first-order chi connectivity index (χ1) is 13.6. The molecule has 1 aliphatic heterocycles. The summed E-state index contributed by atoms with van der Waals surface area (Å²) in [6.45, 7) is 3.90. The lowest BCUT2D eigenvalue weighted by molar-refractivity contribution is -0.134. The molecule has 2 aromatic rings. The van der Waals surface area contributed by atoms with Crippen molar-refractivity contribution in [2.75, 3.05) is 26.7 Å². The van der Waals surface area contributed by atoms with E-state index in [0.717, 1.165) is 23.4 Å². The predicted octanol–water partition coefficient (Wildman–Crippen LogP) is 2.53. The molecule has 148 valence electrons. The monoisotopic (exact) mass is 381 g/mol. The molecule has 1 fully saturated rings. The molecule has 1 atom stereocenters. The molecule has 0 aliphatic carbocycles. The van der Waals surface area contributed by atoms with E-state index in [-0.39, 0.29) is 24.2 Å². The van der Waals surface area contributed by atoms with Crippen molar-refractivity contribution in [3.8, 4) is 5.75 Å². The van der Waals surface area contributed by atoms with Crippen LogP contribution in [0.25, 0.3) is 0 Å². The van der Waals surface area contributed by atoms with E-state index >= 15 is 0 Å². The van der Waals surface area contributed by atoms with Gasteiger partial charge in [-0.1, -0.05) is 31.2 Å². The first-order valence-electron chi connectivity index (χ1n) is 9.71. The molecule has 6 nitrogen and oxygen atoms in total. The molecule has 0 spiro atoms. The second-order valence-electron chi connectivity index (χ2n) is 7.07. The van der Waals surface area contributed by atoms with Crippen molar-refractivity contribution in [3.63, 3.8) is 0 Å². The van der Waals surface area contributed by atoms with Crippen LogP contribution in [0.3, 0.4) is 0 Å². The van der Waals surface area contributed by atoms with E-state index in [4.69, 9.17) is 4.74 Å². The summed E-state index contributed by atoms with van der Waals surface area (Å²) in [4.78, 5) is 32.7. The molecule has 28 heavy (non-hydrogen) atoms. The Kier molecular flexibility index (Phi) is 6.63. The number of aryl methyl sites for hydroxylation is 1. The summed E-state index contributed by atoms with van der Waals surface area (Å²) in [5, 5.41) is 0. The smallest absolute Gasteiger partial charge is 0.227 e. The highest BCUT2D eigenvalue weighted by Crippen LogP contribution is 2.22. The molecule has 0 N–H and O–H groups in total. The fraction of sp³-hybridized carbons (Fsp3) is 0.409. The van der Waals surface area contributed by atoms with Gasteiger partial charge >= 0.3 is 0 Å². The number of rotatable bonds is 8. The van der Waals surface area contributed by atoms with Gasteiger partial charge in [0.2, 0.25) is 11.8 Å². The van der Waals surface area contributed by atoms with Crippen molar-refractivity contribution in [1.29, 1.82) is 0 Å². The molecule has 0 bridgehead atoms. The molecule has 0 saturated carbocycles. The number of likely N-dealkylation sites (N-methyl/N-ethyl adjacent to an activating group) is 1. The highest BCUT2D eigenvalue weighted by Gasteiger charge is 2.35. The Labute approximate surface area is 166 Å². The average molecular weight is 381 g/mol. The number of hydrogen-bond acceptors (Lipinski definition) is 4. The predicted molar refractivity (Wildman–Crippen MR) is 107 cm³/mol. The number of nitrogens with zero attached hydrogens (tertiary/aromatic N) is 3. The Hall–Kier alpha value is -2.89. The molecule has 2 heterocycles. The molecule has 0 unspecified atom stereocenters. The van der Waals surface area contributed by atoms with Crippen LogP contribution < -0.4 is 4.74 Å². The van der Waals surface area contributed by atoms with Gasteiger partial charge in [-0.05, 0) is 30.2 Å².